The molecule has 0 radical (unpaired) electrons. The largest absolute Gasteiger partial charge is 0.385 e. The van der Waals surface area contributed by atoms with E-state index in [4.69, 9.17) is 23.7 Å². The van der Waals surface area contributed by atoms with E-state index in [0.717, 1.165) is 41.5 Å². The first-order valence-electron chi connectivity index (χ1n) is 17.3. The van der Waals surface area contributed by atoms with Crippen molar-refractivity contribution in [2.75, 3.05) is 20.3 Å². The van der Waals surface area contributed by atoms with Gasteiger partial charge >= 0.3 is 0 Å². The first-order chi connectivity index (χ1) is 23.7. The summed E-state index contributed by atoms with van der Waals surface area (Å²) < 4.78 is 32.7. The van der Waals surface area contributed by atoms with Crippen molar-refractivity contribution in [1.29, 1.82) is 0 Å². The number of hydrogen-bond acceptors (Lipinski definition) is 6. The predicted octanol–water partition coefficient (Wildman–Crippen LogP) is 8.37. The number of ketones is 1. The van der Waals surface area contributed by atoms with Crippen molar-refractivity contribution < 1.29 is 28.5 Å². The van der Waals surface area contributed by atoms with Gasteiger partial charge in [-0.3, -0.25) is 4.79 Å². The van der Waals surface area contributed by atoms with Gasteiger partial charge in [-0.15, -0.1) is 0 Å². The van der Waals surface area contributed by atoms with E-state index in [0.29, 0.717) is 58.3 Å². The second-order valence-electron chi connectivity index (χ2n) is 12.6. The van der Waals surface area contributed by atoms with Crippen molar-refractivity contribution in [3.8, 4) is 0 Å². The molecule has 0 N–H and O–H groups in total. The smallest absolute Gasteiger partial charge is 0.136 e. The number of rotatable bonds is 20. The molecule has 0 aromatic heterocycles. The fraction of sp³-hybridized carbons (Fsp3) is 0.405. The Balaban J connectivity index is 1.51. The Kier molecular flexibility index (Phi) is 14.9. The number of Topliss-reactive ketones (excluding diaryl/α,β-unsaturated/α-hetero) is 1. The first-order valence-corrected chi connectivity index (χ1v) is 17.3. The van der Waals surface area contributed by atoms with Gasteiger partial charge < -0.3 is 23.7 Å². The van der Waals surface area contributed by atoms with E-state index < -0.39 is 18.3 Å². The highest BCUT2D eigenvalue weighted by molar-refractivity contribution is 5.82. The van der Waals surface area contributed by atoms with Gasteiger partial charge in [-0.05, 0) is 47.4 Å². The lowest BCUT2D eigenvalue weighted by Gasteiger charge is -2.41. The topological polar surface area (TPSA) is 63.2 Å². The maximum atomic E-state index is 13.6. The summed E-state index contributed by atoms with van der Waals surface area (Å²) in [4.78, 5) is 13.6. The van der Waals surface area contributed by atoms with Crippen LogP contribution in [-0.4, -0.2) is 44.4 Å². The van der Waals surface area contributed by atoms with E-state index >= 15 is 0 Å². The van der Waals surface area contributed by atoms with Crippen LogP contribution in [0.3, 0.4) is 0 Å². The van der Waals surface area contributed by atoms with Gasteiger partial charge in [0.2, 0.25) is 0 Å². The maximum Gasteiger partial charge on any atom is 0.136 e. The quantitative estimate of drug-likeness (QED) is 0.0958. The molecule has 0 amide bonds. The Morgan fingerprint density at radius 2 is 1.08 bits per heavy atom. The van der Waals surface area contributed by atoms with Crippen LogP contribution < -0.4 is 0 Å². The molecule has 5 atom stereocenters. The normalized spacial score (nSPS) is 17.4. The summed E-state index contributed by atoms with van der Waals surface area (Å²) >= 11 is 0. The Morgan fingerprint density at radius 3 is 1.58 bits per heavy atom. The van der Waals surface area contributed by atoms with Gasteiger partial charge in [0.15, 0.2) is 0 Å². The molecule has 1 aliphatic rings. The number of hydrogen-bond donors (Lipinski definition) is 0. The SMILES string of the molecule is COCCC([C@@H]1CCCCC1=O)[C@@H](OCc1ccccc1)[C@H](OCc1ccccc1)[C@@H](COCc1ccccc1)OCc1ccccc1. The van der Waals surface area contributed by atoms with Gasteiger partial charge in [0.1, 0.15) is 18.0 Å². The average Bonchev–Trinajstić information content (AvgIpc) is 3.14. The Labute approximate surface area is 286 Å². The third kappa shape index (κ3) is 11.2. The zero-order chi connectivity index (χ0) is 33.2. The molecular weight excluding hydrogens is 600 g/mol. The Hall–Kier alpha value is -3.65. The van der Waals surface area contributed by atoms with Crippen molar-refractivity contribution in [2.24, 2.45) is 11.8 Å². The minimum Gasteiger partial charge on any atom is -0.385 e. The molecule has 1 aliphatic carbocycles. The molecule has 1 fully saturated rings. The van der Waals surface area contributed by atoms with Gasteiger partial charge in [0.25, 0.3) is 0 Å². The average molecular weight is 651 g/mol. The summed E-state index contributed by atoms with van der Waals surface area (Å²) in [6.07, 6.45) is 2.59. The van der Waals surface area contributed by atoms with Gasteiger partial charge in [0, 0.05) is 26.1 Å². The van der Waals surface area contributed by atoms with Crippen LogP contribution in [0, 0.1) is 11.8 Å². The number of carbonyl (C=O) groups is 1. The number of methoxy groups -OCH3 is 1. The lowest BCUT2D eigenvalue weighted by atomic mass is 9.73. The fourth-order valence-electron chi connectivity index (χ4n) is 6.60. The van der Waals surface area contributed by atoms with Crippen LogP contribution in [0.25, 0.3) is 0 Å². The minimum absolute atomic E-state index is 0.126. The molecule has 6 heteroatoms. The standard InChI is InChI=1S/C42H50O6/c1-44-27-26-38(37-24-14-15-25-39(37)43)41(47-30-35-20-10-4-11-21-35)42(48-31-36-22-12-5-13-23-36)40(46-29-34-18-8-3-9-19-34)32-45-28-33-16-6-2-7-17-33/h2-13,16-23,37-38,40-42H,14-15,24-32H2,1H3/t37-,38?,40+,41+,42+/m0/s1. The molecule has 0 saturated heterocycles. The van der Waals surface area contributed by atoms with Crippen molar-refractivity contribution in [2.45, 2.75) is 76.8 Å². The van der Waals surface area contributed by atoms with Crippen molar-refractivity contribution in [3.63, 3.8) is 0 Å². The summed E-state index contributed by atoms with van der Waals surface area (Å²) in [5.74, 6) is 0.0382. The van der Waals surface area contributed by atoms with E-state index in [1.807, 2.05) is 72.8 Å². The van der Waals surface area contributed by atoms with Crippen LogP contribution in [-0.2, 0) is 54.9 Å². The fourth-order valence-corrected chi connectivity index (χ4v) is 6.60. The Morgan fingerprint density at radius 1 is 0.604 bits per heavy atom. The molecule has 254 valence electrons. The van der Waals surface area contributed by atoms with Crippen LogP contribution in [0.15, 0.2) is 121 Å². The molecule has 0 aliphatic heterocycles. The minimum atomic E-state index is -0.537. The maximum absolute atomic E-state index is 13.6. The van der Waals surface area contributed by atoms with Crippen LogP contribution in [0.1, 0.15) is 54.4 Å². The molecule has 1 unspecified atom stereocenters. The summed E-state index contributed by atoms with van der Waals surface area (Å²) in [7, 11) is 1.71. The first kappa shape index (κ1) is 35.7. The highest BCUT2D eigenvalue weighted by Crippen LogP contribution is 2.36. The lowest BCUT2D eigenvalue weighted by Crippen LogP contribution is -2.51. The summed E-state index contributed by atoms with van der Waals surface area (Å²) in [6.45, 7) is 2.41. The molecule has 0 spiro atoms. The summed E-state index contributed by atoms with van der Waals surface area (Å²) in [6, 6.07) is 40.7. The zero-order valence-corrected chi connectivity index (χ0v) is 28.2. The molecular formula is C42H50O6. The third-order valence-corrected chi connectivity index (χ3v) is 9.16. The van der Waals surface area contributed by atoms with E-state index in [-0.39, 0.29) is 11.8 Å². The number of ether oxygens (including phenoxy) is 5. The van der Waals surface area contributed by atoms with Crippen molar-refractivity contribution in [1.82, 2.24) is 0 Å². The number of benzene rings is 4. The highest BCUT2D eigenvalue weighted by Gasteiger charge is 2.43. The molecule has 5 rings (SSSR count). The van der Waals surface area contributed by atoms with Crippen LogP contribution in [0.5, 0.6) is 0 Å². The van der Waals surface area contributed by atoms with Crippen LogP contribution in [0.4, 0.5) is 0 Å². The molecule has 0 bridgehead atoms. The second-order valence-corrected chi connectivity index (χ2v) is 12.6. The second kappa shape index (κ2) is 20.0. The summed E-state index contributed by atoms with van der Waals surface area (Å²) in [5.41, 5.74) is 4.27. The van der Waals surface area contributed by atoms with Crippen LogP contribution >= 0.6 is 0 Å². The van der Waals surface area contributed by atoms with Crippen molar-refractivity contribution in [3.05, 3.63) is 144 Å². The molecule has 0 heterocycles. The van der Waals surface area contributed by atoms with E-state index in [1.165, 1.54) is 0 Å². The molecule has 1 saturated carbocycles. The van der Waals surface area contributed by atoms with Gasteiger partial charge in [-0.2, -0.15) is 0 Å². The zero-order valence-electron chi connectivity index (χ0n) is 28.2. The Bertz CT molecular complexity index is 1430. The third-order valence-electron chi connectivity index (χ3n) is 9.16. The van der Waals surface area contributed by atoms with Crippen LogP contribution in [0.2, 0.25) is 0 Å². The molecule has 4 aromatic carbocycles. The predicted molar refractivity (Wildman–Crippen MR) is 188 cm³/mol. The monoisotopic (exact) mass is 650 g/mol. The molecule has 6 nitrogen and oxygen atoms in total. The molecule has 48 heavy (non-hydrogen) atoms. The lowest BCUT2D eigenvalue weighted by molar-refractivity contribution is -0.188. The van der Waals surface area contributed by atoms with E-state index in [9.17, 15) is 4.79 Å². The van der Waals surface area contributed by atoms with E-state index in [1.54, 1.807) is 7.11 Å². The van der Waals surface area contributed by atoms with Crippen molar-refractivity contribution >= 4 is 5.78 Å². The highest BCUT2D eigenvalue weighted by atomic mass is 16.6. The molecule has 4 aromatic rings. The van der Waals surface area contributed by atoms with Gasteiger partial charge in [-0.25, -0.2) is 0 Å². The van der Waals surface area contributed by atoms with Gasteiger partial charge in [-0.1, -0.05) is 128 Å². The van der Waals surface area contributed by atoms with E-state index in [2.05, 4.69) is 48.5 Å². The van der Waals surface area contributed by atoms with Gasteiger partial charge in [0.05, 0.1) is 39.1 Å². The number of carbonyl (C=O) groups excluding carboxylic acids is 1. The summed E-state index contributed by atoms with van der Waals surface area (Å²) in [5, 5.41) is 0.